The van der Waals surface area contributed by atoms with Crippen molar-refractivity contribution in [2.75, 3.05) is 32.7 Å². The highest BCUT2D eigenvalue weighted by atomic mass is 16.7. The SMILES string of the molecule is COc1ccc(C(O)(c2ccc(OCCCC(=O)ON3C(=O)CCC3=O)cc2)c2ccc(N(C)C)cc2)cc1. The highest BCUT2D eigenvalue weighted by molar-refractivity contribution is 6.01. The first-order valence-electron chi connectivity index (χ1n) is 12.7. The van der Waals surface area contributed by atoms with Gasteiger partial charge in [-0.3, -0.25) is 9.59 Å². The van der Waals surface area contributed by atoms with E-state index in [1.807, 2.05) is 67.5 Å². The van der Waals surface area contributed by atoms with E-state index in [4.69, 9.17) is 14.3 Å². The van der Waals surface area contributed by atoms with Crippen LogP contribution in [0.25, 0.3) is 0 Å². The summed E-state index contributed by atoms with van der Waals surface area (Å²) in [5.74, 6) is -0.421. The summed E-state index contributed by atoms with van der Waals surface area (Å²) in [7, 11) is 5.52. The molecule has 1 fully saturated rings. The van der Waals surface area contributed by atoms with Gasteiger partial charge in [-0.2, -0.15) is 0 Å². The Bertz CT molecular complexity index is 1290. The van der Waals surface area contributed by atoms with Crippen molar-refractivity contribution in [2.24, 2.45) is 0 Å². The zero-order valence-electron chi connectivity index (χ0n) is 22.3. The number of carbonyl (C=O) groups excluding carboxylic acids is 3. The van der Waals surface area contributed by atoms with Gasteiger partial charge in [0.1, 0.15) is 17.1 Å². The maximum atomic E-state index is 12.1. The Hall–Kier alpha value is -4.37. The minimum absolute atomic E-state index is 0.00465. The van der Waals surface area contributed by atoms with E-state index in [0.717, 1.165) is 5.69 Å². The molecule has 4 rings (SSSR count). The van der Waals surface area contributed by atoms with Gasteiger partial charge in [0, 0.05) is 32.6 Å². The standard InChI is InChI=1S/C30H32N2O7/c1-31(2)24-12-6-21(7-13-24)30(36,22-8-14-25(37-3)15-9-22)23-10-16-26(17-11-23)38-20-4-5-29(35)39-32-27(33)18-19-28(32)34/h6-17,36H,4-5,18-20H2,1-3H3. The number of hydrogen-bond acceptors (Lipinski definition) is 8. The molecule has 0 aliphatic carbocycles. The van der Waals surface area contributed by atoms with E-state index in [1.165, 1.54) is 0 Å². The maximum Gasteiger partial charge on any atom is 0.333 e. The predicted octanol–water partition coefficient (Wildman–Crippen LogP) is 3.81. The van der Waals surface area contributed by atoms with E-state index in [-0.39, 0.29) is 25.9 Å². The predicted molar refractivity (Wildman–Crippen MR) is 144 cm³/mol. The fraction of sp³-hybridized carbons (Fsp3) is 0.300. The molecule has 1 saturated heterocycles. The van der Waals surface area contributed by atoms with Crippen molar-refractivity contribution in [3.05, 3.63) is 89.5 Å². The topological polar surface area (TPSA) is 106 Å². The first-order chi connectivity index (χ1) is 18.7. The van der Waals surface area contributed by atoms with Crippen molar-refractivity contribution in [1.29, 1.82) is 0 Å². The Kier molecular flexibility index (Phi) is 8.51. The minimum atomic E-state index is -1.43. The van der Waals surface area contributed by atoms with Crippen LogP contribution in [-0.4, -0.2) is 55.8 Å². The molecule has 0 bridgehead atoms. The highest BCUT2D eigenvalue weighted by Gasteiger charge is 2.34. The fourth-order valence-corrected chi connectivity index (χ4v) is 4.34. The fourth-order valence-electron chi connectivity index (χ4n) is 4.34. The number of hydrogen-bond donors (Lipinski definition) is 1. The zero-order chi connectivity index (χ0) is 28.0. The molecule has 0 radical (unpaired) electrons. The van der Waals surface area contributed by atoms with Crippen LogP contribution in [0.15, 0.2) is 72.8 Å². The first-order valence-corrected chi connectivity index (χ1v) is 12.7. The third-order valence-corrected chi connectivity index (χ3v) is 6.57. The number of aliphatic hydroxyl groups is 1. The molecule has 9 heteroatoms. The average Bonchev–Trinajstić information content (AvgIpc) is 3.27. The largest absolute Gasteiger partial charge is 0.497 e. The Balaban J connectivity index is 1.44. The summed E-state index contributed by atoms with van der Waals surface area (Å²) in [6, 6.07) is 22.2. The van der Waals surface area contributed by atoms with Crippen molar-refractivity contribution in [3.63, 3.8) is 0 Å². The Labute approximate surface area is 227 Å². The van der Waals surface area contributed by atoms with E-state index < -0.39 is 23.4 Å². The summed E-state index contributed by atoms with van der Waals surface area (Å²) in [4.78, 5) is 41.9. The maximum absolute atomic E-state index is 12.1. The van der Waals surface area contributed by atoms with Crippen LogP contribution in [0, 0.1) is 0 Å². The lowest BCUT2D eigenvalue weighted by Crippen LogP contribution is -2.32. The second-order valence-corrected chi connectivity index (χ2v) is 9.40. The van der Waals surface area contributed by atoms with Gasteiger partial charge < -0.3 is 24.3 Å². The molecule has 0 aromatic heterocycles. The third kappa shape index (κ3) is 6.21. The summed E-state index contributed by atoms with van der Waals surface area (Å²) in [5.41, 5.74) is 1.64. The van der Waals surface area contributed by atoms with E-state index in [2.05, 4.69) is 0 Å². The number of nitrogens with zero attached hydrogens (tertiary/aromatic N) is 2. The number of amides is 2. The minimum Gasteiger partial charge on any atom is -0.497 e. The number of ether oxygens (including phenoxy) is 2. The summed E-state index contributed by atoms with van der Waals surface area (Å²) in [6.07, 6.45) is 0.445. The van der Waals surface area contributed by atoms with E-state index in [9.17, 15) is 19.5 Å². The molecule has 3 aromatic carbocycles. The lowest BCUT2D eigenvalue weighted by atomic mass is 9.80. The van der Waals surface area contributed by atoms with Crippen LogP contribution in [0.4, 0.5) is 5.69 Å². The van der Waals surface area contributed by atoms with Gasteiger partial charge >= 0.3 is 5.97 Å². The van der Waals surface area contributed by atoms with Crippen molar-refractivity contribution >= 4 is 23.5 Å². The monoisotopic (exact) mass is 532 g/mol. The Morgan fingerprint density at radius 2 is 1.33 bits per heavy atom. The summed E-state index contributed by atoms with van der Waals surface area (Å²) in [6.45, 7) is 0.227. The number of methoxy groups -OCH3 is 1. The molecule has 0 spiro atoms. The van der Waals surface area contributed by atoms with Crippen molar-refractivity contribution in [3.8, 4) is 11.5 Å². The van der Waals surface area contributed by atoms with Crippen LogP contribution < -0.4 is 14.4 Å². The van der Waals surface area contributed by atoms with Crippen LogP contribution in [-0.2, 0) is 24.8 Å². The van der Waals surface area contributed by atoms with Gasteiger partial charge in [-0.15, -0.1) is 5.06 Å². The Morgan fingerprint density at radius 3 is 1.82 bits per heavy atom. The van der Waals surface area contributed by atoms with Crippen LogP contribution in [0.3, 0.4) is 0 Å². The smallest absolute Gasteiger partial charge is 0.333 e. The average molecular weight is 533 g/mol. The quantitative estimate of drug-likeness (QED) is 0.226. The number of benzene rings is 3. The van der Waals surface area contributed by atoms with E-state index in [0.29, 0.717) is 39.7 Å². The number of carbonyl (C=O) groups is 3. The lowest BCUT2D eigenvalue weighted by Gasteiger charge is -2.31. The van der Waals surface area contributed by atoms with Gasteiger partial charge in [-0.05, 0) is 59.5 Å². The third-order valence-electron chi connectivity index (χ3n) is 6.57. The molecule has 0 saturated carbocycles. The molecule has 2 amide bonds. The second kappa shape index (κ2) is 12.0. The number of anilines is 1. The van der Waals surface area contributed by atoms with Gasteiger partial charge in [0.15, 0.2) is 0 Å². The molecule has 1 heterocycles. The molecule has 1 unspecified atom stereocenters. The van der Waals surface area contributed by atoms with Gasteiger partial charge in [0.2, 0.25) is 0 Å². The van der Waals surface area contributed by atoms with Crippen LogP contribution in [0.1, 0.15) is 42.4 Å². The van der Waals surface area contributed by atoms with Crippen molar-refractivity contribution in [2.45, 2.75) is 31.3 Å². The first kappa shape index (κ1) is 27.7. The highest BCUT2D eigenvalue weighted by Crippen LogP contribution is 2.38. The Morgan fingerprint density at radius 1 is 0.846 bits per heavy atom. The van der Waals surface area contributed by atoms with Gasteiger partial charge in [-0.25, -0.2) is 4.79 Å². The molecule has 39 heavy (non-hydrogen) atoms. The van der Waals surface area contributed by atoms with E-state index in [1.54, 1.807) is 31.4 Å². The zero-order valence-corrected chi connectivity index (χ0v) is 22.3. The normalized spacial score (nSPS) is 14.6. The molecular formula is C30H32N2O7. The molecule has 3 aromatic rings. The van der Waals surface area contributed by atoms with Gasteiger partial charge in [0.25, 0.3) is 11.8 Å². The number of rotatable bonds is 11. The van der Waals surface area contributed by atoms with Crippen LogP contribution in [0.2, 0.25) is 0 Å². The van der Waals surface area contributed by atoms with E-state index >= 15 is 0 Å². The summed E-state index contributed by atoms with van der Waals surface area (Å²) >= 11 is 0. The number of imide groups is 1. The number of hydroxylamine groups is 2. The molecule has 1 atom stereocenters. The second-order valence-electron chi connectivity index (χ2n) is 9.40. The molecular weight excluding hydrogens is 500 g/mol. The van der Waals surface area contributed by atoms with Crippen LogP contribution in [0.5, 0.6) is 11.5 Å². The van der Waals surface area contributed by atoms with Gasteiger partial charge in [-0.1, -0.05) is 36.4 Å². The molecule has 1 aliphatic heterocycles. The molecule has 204 valence electrons. The van der Waals surface area contributed by atoms with Crippen molar-refractivity contribution in [1.82, 2.24) is 5.06 Å². The van der Waals surface area contributed by atoms with Crippen molar-refractivity contribution < 1.29 is 33.8 Å². The molecule has 1 N–H and O–H groups in total. The molecule has 1 aliphatic rings. The summed E-state index contributed by atoms with van der Waals surface area (Å²) in [5, 5.41) is 12.7. The molecule has 9 nitrogen and oxygen atoms in total. The van der Waals surface area contributed by atoms with Crippen LogP contribution >= 0.6 is 0 Å². The lowest BCUT2D eigenvalue weighted by molar-refractivity contribution is -0.197. The summed E-state index contributed by atoms with van der Waals surface area (Å²) < 4.78 is 11.1. The van der Waals surface area contributed by atoms with Gasteiger partial charge in [0.05, 0.1) is 20.1 Å².